The molecule has 0 radical (unpaired) electrons. The highest BCUT2D eigenvalue weighted by Crippen LogP contribution is 2.41. The lowest BCUT2D eigenvalue weighted by molar-refractivity contribution is 0.261. The Morgan fingerprint density at radius 1 is 0.848 bits per heavy atom. The van der Waals surface area contributed by atoms with E-state index in [-0.39, 0.29) is 0 Å². The molecule has 0 fully saturated rings. The van der Waals surface area contributed by atoms with E-state index in [0.717, 1.165) is 16.6 Å². The smallest absolute Gasteiger partial charge is 0.203 e. The van der Waals surface area contributed by atoms with Crippen molar-refractivity contribution in [2.75, 3.05) is 19.8 Å². The van der Waals surface area contributed by atoms with E-state index in [1.165, 1.54) is 0 Å². The minimum absolute atomic E-state index is 0.497. The summed E-state index contributed by atoms with van der Waals surface area (Å²) in [5, 5.41) is 9.98. The minimum Gasteiger partial charge on any atom is -0.490 e. The lowest BCUT2D eigenvalue weighted by Crippen LogP contribution is -2.03. The SMILES string of the molecule is CCOc1cc(-c2nc3c4cnn(-c5ccccc5)c4ncn3n2)cc(OCC)c1OCC. The molecule has 33 heavy (non-hydrogen) atoms. The van der Waals surface area contributed by atoms with Crippen LogP contribution >= 0.6 is 0 Å². The Morgan fingerprint density at radius 2 is 1.55 bits per heavy atom. The number of para-hydroxylation sites is 1. The van der Waals surface area contributed by atoms with Crippen molar-refractivity contribution in [1.82, 2.24) is 29.4 Å². The van der Waals surface area contributed by atoms with Gasteiger partial charge in [0.2, 0.25) is 5.75 Å². The van der Waals surface area contributed by atoms with Crippen LogP contribution in [0.15, 0.2) is 55.0 Å². The van der Waals surface area contributed by atoms with Crippen molar-refractivity contribution in [3.05, 3.63) is 55.0 Å². The third kappa shape index (κ3) is 3.71. The Hall–Kier alpha value is -4.14. The topological polar surface area (TPSA) is 88.6 Å². The molecule has 168 valence electrons. The molecule has 0 aliphatic rings. The molecular formula is C24H24N6O3. The molecule has 0 amide bonds. The number of rotatable bonds is 8. The van der Waals surface area contributed by atoms with Gasteiger partial charge in [-0.1, -0.05) is 18.2 Å². The maximum absolute atomic E-state index is 5.84. The molecule has 0 unspecified atom stereocenters. The normalized spacial score (nSPS) is 11.2. The summed E-state index contributed by atoms with van der Waals surface area (Å²) < 4.78 is 20.9. The van der Waals surface area contributed by atoms with Crippen molar-refractivity contribution >= 4 is 16.7 Å². The van der Waals surface area contributed by atoms with Gasteiger partial charge in [-0.3, -0.25) is 0 Å². The first-order chi connectivity index (χ1) is 16.2. The molecule has 9 heteroatoms. The van der Waals surface area contributed by atoms with Crippen molar-refractivity contribution < 1.29 is 14.2 Å². The Morgan fingerprint density at radius 3 is 2.21 bits per heavy atom. The first-order valence-corrected chi connectivity index (χ1v) is 10.9. The van der Waals surface area contributed by atoms with Crippen molar-refractivity contribution in [2.45, 2.75) is 20.8 Å². The predicted octanol–water partition coefficient (Wildman–Crippen LogP) is 4.33. The number of nitrogens with zero attached hydrogens (tertiary/aromatic N) is 6. The molecule has 5 rings (SSSR count). The molecule has 5 aromatic rings. The second-order valence-electron chi connectivity index (χ2n) is 7.18. The molecule has 0 spiro atoms. The fraction of sp³-hybridized carbons (Fsp3) is 0.250. The highest BCUT2D eigenvalue weighted by Gasteiger charge is 2.19. The van der Waals surface area contributed by atoms with E-state index >= 15 is 0 Å². The molecule has 0 saturated heterocycles. The van der Waals surface area contributed by atoms with Gasteiger partial charge in [0, 0.05) is 5.56 Å². The van der Waals surface area contributed by atoms with Crippen LogP contribution in [0.25, 0.3) is 33.8 Å². The number of ether oxygens (including phenoxy) is 3. The van der Waals surface area contributed by atoms with Crippen LogP contribution in [0.2, 0.25) is 0 Å². The number of fused-ring (bicyclic) bond motifs is 3. The quantitative estimate of drug-likeness (QED) is 0.352. The maximum Gasteiger partial charge on any atom is 0.203 e. The summed E-state index contributed by atoms with van der Waals surface area (Å²) >= 11 is 0. The van der Waals surface area contributed by atoms with Crippen LogP contribution in [0.1, 0.15) is 20.8 Å². The van der Waals surface area contributed by atoms with Crippen LogP contribution in [0, 0.1) is 0 Å². The Bertz CT molecular complexity index is 1380. The molecule has 0 bridgehead atoms. The van der Waals surface area contributed by atoms with Gasteiger partial charge in [-0.15, -0.1) is 5.10 Å². The molecule has 3 heterocycles. The Balaban J connectivity index is 1.64. The largest absolute Gasteiger partial charge is 0.490 e. The summed E-state index contributed by atoms with van der Waals surface area (Å²) in [6.45, 7) is 7.28. The van der Waals surface area contributed by atoms with Crippen LogP contribution < -0.4 is 14.2 Å². The van der Waals surface area contributed by atoms with Crippen molar-refractivity contribution in [3.63, 3.8) is 0 Å². The van der Waals surface area contributed by atoms with E-state index in [4.69, 9.17) is 19.2 Å². The number of benzene rings is 2. The number of hydrogen-bond donors (Lipinski definition) is 0. The third-order valence-corrected chi connectivity index (χ3v) is 5.07. The molecular weight excluding hydrogens is 420 g/mol. The highest BCUT2D eigenvalue weighted by atomic mass is 16.5. The van der Waals surface area contributed by atoms with E-state index in [9.17, 15) is 0 Å². The molecule has 9 nitrogen and oxygen atoms in total. The van der Waals surface area contributed by atoms with Gasteiger partial charge >= 0.3 is 0 Å². The van der Waals surface area contributed by atoms with Crippen LogP contribution in [0.4, 0.5) is 0 Å². The molecule has 0 aliphatic carbocycles. The average molecular weight is 444 g/mol. The van der Waals surface area contributed by atoms with Gasteiger partial charge < -0.3 is 14.2 Å². The van der Waals surface area contributed by atoms with Crippen molar-refractivity contribution in [1.29, 1.82) is 0 Å². The van der Waals surface area contributed by atoms with Gasteiger partial charge in [-0.05, 0) is 45.0 Å². The molecule has 0 aliphatic heterocycles. The molecule has 0 saturated carbocycles. The second-order valence-corrected chi connectivity index (χ2v) is 7.18. The fourth-order valence-corrected chi connectivity index (χ4v) is 3.72. The van der Waals surface area contributed by atoms with E-state index in [1.807, 2.05) is 63.2 Å². The van der Waals surface area contributed by atoms with E-state index < -0.39 is 0 Å². The fourth-order valence-electron chi connectivity index (χ4n) is 3.72. The van der Waals surface area contributed by atoms with E-state index in [1.54, 1.807) is 21.7 Å². The summed E-state index contributed by atoms with van der Waals surface area (Å²) in [6, 6.07) is 13.6. The lowest BCUT2D eigenvalue weighted by atomic mass is 10.1. The van der Waals surface area contributed by atoms with Gasteiger partial charge in [0.25, 0.3) is 0 Å². The first-order valence-electron chi connectivity index (χ1n) is 10.9. The minimum atomic E-state index is 0.497. The predicted molar refractivity (Wildman–Crippen MR) is 124 cm³/mol. The number of hydrogen-bond acceptors (Lipinski definition) is 7. The van der Waals surface area contributed by atoms with E-state index in [2.05, 4.69) is 15.2 Å². The zero-order valence-corrected chi connectivity index (χ0v) is 18.7. The first kappa shape index (κ1) is 20.7. The van der Waals surface area contributed by atoms with Crippen LogP contribution in [0.3, 0.4) is 0 Å². The van der Waals surface area contributed by atoms with Crippen LogP contribution in [-0.4, -0.2) is 49.2 Å². The molecule has 3 aromatic heterocycles. The van der Waals surface area contributed by atoms with Gasteiger partial charge in [0.05, 0.1) is 37.1 Å². The number of aromatic nitrogens is 6. The van der Waals surface area contributed by atoms with Gasteiger partial charge in [0.1, 0.15) is 6.33 Å². The maximum atomic E-state index is 5.84. The van der Waals surface area contributed by atoms with Gasteiger partial charge in [-0.25, -0.2) is 19.2 Å². The summed E-state index contributed by atoms with van der Waals surface area (Å²) in [4.78, 5) is 9.38. The Kier molecular flexibility index (Phi) is 5.52. The van der Waals surface area contributed by atoms with Crippen molar-refractivity contribution in [3.8, 4) is 34.3 Å². The Labute approximate surface area is 190 Å². The second kappa shape index (κ2) is 8.78. The zero-order valence-electron chi connectivity index (χ0n) is 18.7. The van der Waals surface area contributed by atoms with Crippen LogP contribution in [-0.2, 0) is 0 Å². The molecule has 2 aromatic carbocycles. The standard InChI is InChI=1S/C24H24N6O3/c1-4-31-19-12-16(13-20(32-5-2)21(19)33-6-3)22-27-24-18-14-26-30(17-10-8-7-9-11-17)23(18)25-15-29(24)28-22/h7-15H,4-6H2,1-3H3. The lowest BCUT2D eigenvalue weighted by Gasteiger charge is -2.16. The van der Waals surface area contributed by atoms with Gasteiger partial charge in [0.15, 0.2) is 28.6 Å². The van der Waals surface area contributed by atoms with E-state index in [0.29, 0.717) is 54.2 Å². The van der Waals surface area contributed by atoms with Crippen LogP contribution in [0.5, 0.6) is 17.2 Å². The zero-order chi connectivity index (χ0) is 22.8. The molecule has 0 atom stereocenters. The molecule has 0 N–H and O–H groups in total. The average Bonchev–Trinajstić information content (AvgIpc) is 3.46. The van der Waals surface area contributed by atoms with Crippen molar-refractivity contribution in [2.24, 2.45) is 0 Å². The monoisotopic (exact) mass is 444 g/mol. The summed E-state index contributed by atoms with van der Waals surface area (Å²) in [7, 11) is 0. The highest BCUT2D eigenvalue weighted by molar-refractivity contribution is 5.90. The third-order valence-electron chi connectivity index (χ3n) is 5.07. The summed E-state index contributed by atoms with van der Waals surface area (Å²) in [6.07, 6.45) is 3.41. The summed E-state index contributed by atoms with van der Waals surface area (Å²) in [5.74, 6) is 2.31. The van der Waals surface area contributed by atoms with Gasteiger partial charge in [-0.2, -0.15) is 5.10 Å². The summed E-state index contributed by atoms with van der Waals surface area (Å²) in [5.41, 5.74) is 3.07.